The summed E-state index contributed by atoms with van der Waals surface area (Å²) in [5.41, 5.74) is 0. The van der Waals surface area contributed by atoms with Crippen LogP contribution in [0.2, 0.25) is 0 Å². The van der Waals surface area contributed by atoms with E-state index in [1.165, 1.54) is 32.4 Å². The Kier molecular flexibility index (Phi) is 5.45. The average molecular weight is 253 g/mol. The first-order valence-corrected chi connectivity index (χ1v) is 7.49. The minimum absolute atomic E-state index is 0.0422. The Morgan fingerprint density at radius 1 is 1.39 bits per heavy atom. The van der Waals surface area contributed by atoms with E-state index in [2.05, 4.69) is 22.5 Å². The van der Waals surface area contributed by atoms with E-state index in [9.17, 15) is 4.79 Å². The van der Waals surface area contributed by atoms with Gasteiger partial charge in [0.15, 0.2) is 0 Å². The molecular weight excluding hydrogens is 226 g/mol. The number of nitrogens with one attached hydrogen (secondary N) is 2. The summed E-state index contributed by atoms with van der Waals surface area (Å²) < 4.78 is 0. The van der Waals surface area contributed by atoms with Gasteiger partial charge in [0, 0.05) is 6.54 Å². The van der Waals surface area contributed by atoms with Crippen molar-refractivity contribution in [1.82, 2.24) is 15.5 Å². The molecule has 2 fully saturated rings. The van der Waals surface area contributed by atoms with Gasteiger partial charge >= 0.3 is 0 Å². The number of nitrogens with zero attached hydrogens (tertiary/aromatic N) is 1. The number of likely N-dealkylation sites (tertiary alicyclic amines) is 1. The molecule has 2 unspecified atom stereocenters. The standard InChI is InChI=1S/C14H27N3O/c1-12-5-7-15-13(11-12)14(18)16-6-4-10-17-8-2-3-9-17/h12-13,15H,2-11H2,1H3,(H,16,18). The molecule has 0 aromatic rings. The van der Waals surface area contributed by atoms with Gasteiger partial charge in [0.1, 0.15) is 0 Å². The van der Waals surface area contributed by atoms with E-state index in [0.29, 0.717) is 5.92 Å². The Hall–Kier alpha value is -0.610. The molecule has 0 radical (unpaired) electrons. The summed E-state index contributed by atoms with van der Waals surface area (Å²) >= 11 is 0. The van der Waals surface area contributed by atoms with E-state index >= 15 is 0 Å². The molecule has 18 heavy (non-hydrogen) atoms. The van der Waals surface area contributed by atoms with E-state index in [1.807, 2.05) is 0 Å². The lowest BCUT2D eigenvalue weighted by molar-refractivity contribution is -0.124. The monoisotopic (exact) mass is 253 g/mol. The zero-order chi connectivity index (χ0) is 12.8. The maximum Gasteiger partial charge on any atom is 0.237 e. The number of piperidine rings is 1. The van der Waals surface area contributed by atoms with Crippen molar-refractivity contribution >= 4 is 5.91 Å². The minimum Gasteiger partial charge on any atom is -0.355 e. The van der Waals surface area contributed by atoms with Gasteiger partial charge in [0.25, 0.3) is 0 Å². The Labute approximate surface area is 110 Å². The second-order valence-corrected chi connectivity index (χ2v) is 5.83. The highest BCUT2D eigenvalue weighted by Gasteiger charge is 2.23. The quantitative estimate of drug-likeness (QED) is 0.718. The average Bonchev–Trinajstić information content (AvgIpc) is 2.87. The smallest absolute Gasteiger partial charge is 0.237 e. The Morgan fingerprint density at radius 3 is 2.89 bits per heavy atom. The van der Waals surface area contributed by atoms with Crippen molar-refractivity contribution in [3.05, 3.63) is 0 Å². The van der Waals surface area contributed by atoms with Crippen molar-refractivity contribution in [2.75, 3.05) is 32.7 Å². The van der Waals surface area contributed by atoms with E-state index < -0.39 is 0 Å². The number of amides is 1. The molecule has 2 N–H and O–H groups in total. The van der Waals surface area contributed by atoms with Gasteiger partial charge in [-0.1, -0.05) is 6.92 Å². The second kappa shape index (κ2) is 7.10. The Morgan fingerprint density at radius 2 is 2.17 bits per heavy atom. The van der Waals surface area contributed by atoms with Crippen molar-refractivity contribution in [2.24, 2.45) is 5.92 Å². The van der Waals surface area contributed by atoms with Crippen LogP contribution in [0.5, 0.6) is 0 Å². The largest absolute Gasteiger partial charge is 0.355 e. The van der Waals surface area contributed by atoms with Gasteiger partial charge in [0.05, 0.1) is 6.04 Å². The van der Waals surface area contributed by atoms with Gasteiger partial charge in [-0.2, -0.15) is 0 Å². The summed E-state index contributed by atoms with van der Waals surface area (Å²) in [4.78, 5) is 14.4. The maximum atomic E-state index is 12.0. The first-order valence-electron chi connectivity index (χ1n) is 7.49. The fourth-order valence-electron chi connectivity index (χ4n) is 2.95. The van der Waals surface area contributed by atoms with E-state index in [1.54, 1.807) is 0 Å². The maximum absolute atomic E-state index is 12.0. The molecule has 0 aliphatic carbocycles. The third-order valence-corrected chi connectivity index (χ3v) is 4.13. The zero-order valence-corrected chi connectivity index (χ0v) is 11.6. The first-order chi connectivity index (χ1) is 8.75. The normalized spacial score (nSPS) is 29.4. The highest BCUT2D eigenvalue weighted by Crippen LogP contribution is 2.14. The summed E-state index contributed by atoms with van der Waals surface area (Å²) in [5.74, 6) is 0.870. The molecule has 4 nitrogen and oxygen atoms in total. The molecule has 2 saturated heterocycles. The van der Waals surface area contributed by atoms with Crippen molar-refractivity contribution in [3.8, 4) is 0 Å². The molecule has 0 aromatic carbocycles. The molecular formula is C14H27N3O. The second-order valence-electron chi connectivity index (χ2n) is 5.83. The van der Waals surface area contributed by atoms with Crippen molar-refractivity contribution in [3.63, 3.8) is 0 Å². The highest BCUT2D eigenvalue weighted by atomic mass is 16.2. The highest BCUT2D eigenvalue weighted by molar-refractivity contribution is 5.81. The van der Waals surface area contributed by atoms with Crippen LogP contribution in [0, 0.1) is 5.92 Å². The number of hydrogen-bond donors (Lipinski definition) is 2. The van der Waals surface area contributed by atoms with Gasteiger partial charge < -0.3 is 15.5 Å². The lowest BCUT2D eigenvalue weighted by atomic mass is 9.94. The van der Waals surface area contributed by atoms with Crippen LogP contribution in [0.25, 0.3) is 0 Å². The molecule has 2 aliphatic rings. The first kappa shape index (κ1) is 13.8. The van der Waals surface area contributed by atoms with Crippen LogP contribution in [-0.4, -0.2) is 49.6 Å². The molecule has 0 spiro atoms. The van der Waals surface area contributed by atoms with E-state index in [-0.39, 0.29) is 11.9 Å². The summed E-state index contributed by atoms with van der Waals surface area (Å²) in [5, 5.41) is 6.38. The third-order valence-electron chi connectivity index (χ3n) is 4.13. The van der Waals surface area contributed by atoms with Crippen LogP contribution in [0.4, 0.5) is 0 Å². The number of carbonyl (C=O) groups excluding carboxylic acids is 1. The van der Waals surface area contributed by atoms with Crippen molar-refractivity contribution < 1.29 is 4.79 Å². The predicted octanol–water partition coefficient (Wildman–Crippen LogP) is 0.977. The molecule has 4 heteroatoms. The van der Waals surface area contributed by atoms with Crippen molar-refractivity contribution in [2.45, 2.75) is 45.1 Å². The molecule has 2 aliphatic heterocycles. The third kappa shape index (κ3) is 4.25. The van der Waals surface area contributed by atoms with Crippen LogP contribution in [0.3, 0.4) is 0 Å². The van der Waals surface area contributed by atoms with Gasteiger partial charge in [-0.25, -0.2) is 0 Å². The van der Waals surface area contributed by atoms with Crippen LogP contribution in [0.1, 0.15) is 39.0 Å². The topological polar surface area (TPSA) is 44.4 Å². The summed E-state index contributed by atoms with van der Waals surface area (Å²) in [6.45, 7) is 7.66. The SMILES string of the molecule is CC1CCNC(C(=O)NCCCN2CCCC2)C1. The van der Waals surface area contributed by atoms with Crippen LogP contribution >= 0.6 is 0 Å². The molecule has 2 heterocycles. The predicted molar refractivity (Wildman–Crippen MR) is 73.5 cm³/mol. The summed E-state index contributed by atoms with van der Waals surface area (Å²) in [7, 11) is 0. The fraction of sp³-hybridized carbons (Fsp3) is 0.929. The zero-order valence-electron chi connectivity index (χ0n) is 11.6. The minimum atomic E-state index is 0.0422. The molecule has 1 amide bonds. The van der Waals surface area contributed by atoms with E-state index in [4.69, 9.17) is 0 Å². The molecule has 2 rings (SSSR count). The van der Waals surface area contributed by atoms with Crippen LogP contribution < -0.4 is 10.6 Å². The molecule has 2 atom stereocenters. The summed E-state index contributed by atoms with van der Waals surface area (Å²) in [6, 6.07) is 0.0422. The van der Waals surface area contributed by atoms with Gasteiger partial charge in [-0.15, -0.1) is 0 Å². The van der Waals surface area contributed by atoms with Gasteiger partial charge in [0.2, 0.25) is 5.91 Å². The number of hydrogen-bond acceptors (Lipinski definition) is 3. The van der Waals surface area contributed by atoms with E-state index in [0.717, 1.165) is 32.5 Å². The lowest BCUT2D eigenvalue weighted by Crippen LogP contribution is -2.48. The van der Waals surface area contributed by atoms with Gasteiger partial charge in [-0.05, 0) is 64.2 Å². The molecule has 0 saturated carbocycles. The Balaban J connectivity index is 1.56. The molecule has 0 bridgehead atoms. The fourth-order valence-corrected chi connectivity index (χ4v) is 2.95. The van der Waals surface area contributed by atoms with Crippen molar-refractivity contribution in [1.29, 1.82) is 0 Å². The van der Waals surface area contributed by atoms with Crippen LogP contribution in [0.15, 0.2) is 0 Å². The summed E-state index contributed by atoms with van der Waals surface area (Å²) in [6.07, 6.45) is 5.94. The Bertz CT molecular complexity index is 264. The molecule has 0 aromatic heterocycles. The molecule has 104 valence electrons. The number of rotatable bonds is 5. The van der Waals surface area contributed by atoms with Gasteiger partial charge in [-0.3, -0.25) is 4.79 Å². The number of carbonyl (C=O) groups is 1. The van der Waals surface area contributed by atoms with Crippen LogP contribution in [-0.2, 0) is 4.79 Å². The lowest BCUT2D eigenvalue weighted by Gasteiger charge is -2.27.